The van der Waals surface area contributed by atoms with E-state index < -0.39 is 31.2 Å². The molecule has 2 N–H and O–H groups in total. The third-order valence-electron chi connectivity index (χ3n) is 3.30. The molecule has 114 valence electrons. The number of nitrogens with zero attached hydrogens (tertiary/aromatic N) is 4. The predicted molar refractivity (Wildman–Crippen MR) is 68.8 cm³/mol. The topological polar surface area (TPSA) is 103 Å². The number of fused-ring (bicyclic) bond motifs is 1. The van der Waals surface area contributed by atoms with E-state index in [-0.39, 0.29) is 16.8 Å². The van der Waals surface area contributed by atoms with Gasteiger partial charge in [-0.2, -0.15) is 9.97 Å². The highest BCUT2D eigenvalue weighted by molar-refractivity contribution is 6.28. The van der Waals surface area contributed by atoms with E-state index >= 15 is 0 Å². The van der Waals surface area contributed by atoms with Crippen LogP contribution < -0.4 is 4.74 Å². The highest BCUT2D eigenvalue weighted by Crippen LogP contribution is 2.34. The van der Waals surface area contributed by atoms with E-state index in [1.165, 1.54) is 18.0 Å². The maximum atomic E-state index is 14.2. The number of aromatic nitrogens is 4. The van der Waals surface area contributed by atoms with Crippen molar-refractivity contribution in [2.45, 2.75) is 24.6 Å². The van der Waals surface area contributed by atoms with Crippen molar-refractivity contribution in [3.8, 4) is 5.88 Å². The summed E-state index contributed by atoms with van der Waals surface area (Å²) in [5.41, 5.74) is 0.505. The van der Waals surface area contributed by atoms with E-state index in [4.69, 9.17) is 26.2 Å². The molecule has 0 aromatic carbocycles. The molecule has 0 radical (unpaired) electrons. The summed E-state index contributed by atoms with van der Waals surface area (Å²) in [6.45, 7) is -0.496. The van der Waals surface area contributed by atoms with Crippen molar-refractivity contribution in [2.24, 2.45) is 0 Å². The molecule has 3 heterocycles. The largest absolute Gasteiger partial charge is 0.479 e. The van der Waals surface area contributed by atoms with Crippen LogP contribution in [0.15, 0.2) is 6.33 Å². The molecule has 0 spiro atoms. The Hall–Kier alpha value is -1.55. The van der Waals surface area contributed by atoms with Crippen LogP contribution in [-0.2, 0) is 4.74 Å². The molecule has 1 fully saturated rings. The Kier molecular flexibility index (Phi) is 3.66. The number of hydrogen-bond acceptors (Lipinski definition) is 7. The van der Waals surface area contributed by atoms with Crippen LogP contribution in [-0.4, -0.2) is 61.8 Å². The van der Waals surface area contributed by atoms with Crippen LogP contribution in [0, 0.1) is 0 Å². The molecule has 1 aliphatic heterocycles. The molecule has 3 rings (SSSR count). The van der Waals surface area contributed by atoms with Crippen LogP contribution in [0.2, 0.25) is 5.28 Å². The molecule has 0 aliphatic carbocycles. The maximum absolute atomic E-state index is 14.2. The molecule has 8 nitrogen and oxygen atoms in total. The van der Waals surface area contributed by atoms with Gasteiger partial charge in [-0.05, 0) is 11.6 Å². The predicted octanol–water partition coefficient (Wildman–Crippen LogP) is 0.0770. The first-order valence-electron chi connectivity index (χ1n) is 6.09. The SMILES string of the molecule is COc1nc(Cl)nc2c1ncn2C1OC(CO)C(O)C1F. The lowest BCUT2D eigenvalue weighted by Gasteiger charge is -2.15. The lowest BCUT2D eigenvalue weighted by atomic mass is 10.1. The molecule has 1 aliphatic rings. The fraction of sp³-hybridized carbons (Fsp3) is 0.545. The van der Waals surface area contributed by atoms with Crippen molar-refractivity contribution >= 4 is 22.8 Å². The van der Waals surface area contributed by atoms with Gasteiger partial charge in [0.05, 0.1) is 20.0 Å². The summed E-state index contributed by atoms with van der Waals surface area (Å²) in [4.78, 5) is 11.9. The van der Waals surface area contributed by atoms with Gasteiger partial charge in [0.1, 0.15) is 12.2 Å². The summed E-state index contributed by atoms with van der Waals surface area (Å²) in [5.74, 6) is 0.149. The minimum Gasteiger partial charge on any atom is -0.479 e. The molecule has 10 heteroatoms. The number of rotatable bonds is 3. The number of ether oxygens (including phenoxy) is 2. The van der Waals surface area contributed by atoms with E-state index in [0.29, 0.717) is 5.52 Å². The van der Waals surface area contributed by atoms with Gasteiger partial charge in [0.2, 0.25) is 11.2 Å². The van der Waals surface area contributed by atoms with Crippen LogP contribution in [0.3, 0.4) is 0 Å². The highest BCUT2D eigenvalue weighted by atomic mass is 35.5. The van der Waals surface area contributed by atoms with E-state index in [9.17, 15) is 9.50 Å². The summed E-state index contributed by atoms with van der Waals surface area (Å²) in [7, 11) is 1.40. The van der Waals surface area contributed by atoms with Gasteiger partial charge in [-0.15, -0.1) is 0 Å². The molecule has 2 aromatic rings. The Morgan fingerprint density at radius 2 is 2.29 bits per heavy atom. The molecular formula is C11H12ClFN4O4. The van der Waals surface area contributed by atoms with E-state index in [1.807, 2.05) is 0 Å². The van der Waals surface area contributed by atoms with Gasteiger partial charge in [-0.3, -0.25) is 4.57 Å². The average Bonchev–Trinajstić information content (AvgIpc) is 3.01. The molecule has 4 unspecified atom stereocenters. The number of imidazole rings is 1. The van der Waals surface area contributed by atoms with Crippen LogP contribution >= 0.6 is 11.6 Å². The van der Waals surface area contributed by atoms with Crippen LogP contribution in [0.25, 0.3) is 11.2 Å². The molecule has 0 bridgehead atoms. The van der Waals surface area contributed by atoms with Crippen LogP contribution in [0.1, 0.15) is 6.23 Å². The fourth-order valence-electron chi connectivity index (χ4n) is 2.27. The first-order chi connectivity index (χ1) is 10.1. The van der Waals surface area contributed by atoms with Gasteiger partial charge in [0.25, 0.3) is 0 Å². The smallest absolute Gasteiger partial charge is 0.246 e. The van der Waals surface area contributed by atoms with E-state index in [1.54, 1.807) is 0 Å². The van der Waals surface area contributed by atoms with Crippen molar-refractivity contribution in [3.63, 3.8) is 0 Å². The van der Waals surface area contributed by atoms with Crippen molar-refractivity contribution < 1.29 is 24.1 Å². The number of aliphatic hydroxyl groups is 2. The van der Waals surface area contributed by atoms with Crippen molar-refractivity contribution in [3.05, 3.63) is 11.6 Å². The Labute approximate surface area is 123 Å². The lowest BCUT2D eigenvalue weighted by molar-refractivity contribution is -0.0459. The number of halogens is 2. The highest BCUT2D eigenvalue weighted by Gasteiger charge is 2.45. The second-order valence-electron chi connectivity index (χ2n) is 4.51. The summed E-state index contributed by atoms with van der Waals surface area (Å²) < 4.78 is 25.8. The Balaban J connectivity index is 2.07. The van der Waals surface area contributed by atoms with E-state index in [0.717, 1.165) is 0 Å². The normalized spacial score (nSPS) is 29.2. The minimum absolute atomic E-state index is 0.0891. The average molecular weight is 319 g/mol. The summed E-state index contributed by atoms with van der Waals surface area (Å²) in [6, 6.07) is 0. The second kappa shape index (κ2) is 5.34. The third-order valence-corrected chi connectivity index (χ3v) is 3.47. The first kappa shape index (κ1) is 14.4. The zero-order chi connectivity index (χ0) is 15.1. The Bertz CT molecular complexity index is 669. The standard InChI is InChI=1S/C11H12ClFN4O4/c1-20-9-6-8(15-11(12)16-9)17(3-14-6)10-5(13)7(19)4(2-18)21-10/h3-5,7,10,18-19H,2H2,1H3. The molecule has 2 aromatic heterocycles. The number of hydrogen-bond donors (Lipinski definition) is 2. The zero-order valence-electron chi connectivity index (χ0n) is 10.8. The third kappa shape index (κ3) is 2.22. The van der Waals surface area contributed by atoms with Gasteiger partial charge in [-0.25, -0.2) is 9.37 Å². The quantitative estimate of drug-likeness (QED) is 0.772. The van der Waals surface area contributed by atoms with Crippen LogP contribution in [0.5, 0.6) is 5.88 Å². The minimum atomic E-state index is -1.74. The van der Waals surface area contributed by atoms with Crippen molar-refractivity contribution in [1.29, 1.82) is 0 Å². The molecule has 4 atom stereocenters. The summed E-state index contributed by atoms with van der Waals surface area (Å²) >= 11 is 5.79. The monoisotopic (exact) mass is 318 g/mol. The summed E-state index contributed by atoms with van der Waals surface area (Å²) in [6.07, 6.45) is -4.06. The Morgan fingerprint density at radius 1 is 1.52 bits per heavy atom. The van der Waals surface area contributed by atoms with Gasteiger partial charge >= 0.3 is 0 Å². The van der Waals surface area contributed by atoms with Crippen molar-refractivity contribution in [2.75, 3.05) is 13.7 Å². The van der Waals surface area contributed by atoms with Crippen LogP contribution in [0.4, 0.5) is 4.39 Å². The maximum Gasteiger partial charge on any atom is 0.246 e. The van der Waals surface area contributed by atoms with Gasteiger partial charge in [-0.1, -0.05) is 0 Å². The number of aliphatic hydroxyl groups excluding tert-OH is 2. The Morgan fingerprint density at radius 3 is 2.90 bits per heavy atom. The molecule has 0 amide bonds. The van der Waals surface area contributed by atoms with Gasteiger partial charge < -0.3 is 19.7 Å². The number of methoxy groups -OCH3 is 1. The molecule has 21 heavy (non-hydrogen) atoms. The van der Waals surface area contributed by atoms with Gasteiger partial charge in [0, 0.05) is 0 Å². The lowest BCUT2D eigenvalue weighted by Crippen LogP contribution is -2.30. The fourth-order valence-corrected chi connectivity index (χ4v) is 2.43. The molecular weight excluding hydrogens is 307 g/mol. The number of alkyl halides is 1. The van der Waals surface area contributed by atoms with Gasteiger partial charge in [0.15, 0.2) is 23.6 Å². The second-order valence-corrected chi connectivity index (χ2v) is 4.85. The summed E-state index contributed by atoms with van der Waals surface area (Å²) in [5, 5.41) is 18.7. The molecule has 0 saturated carbocycles. The zero-order valence-corrected chi connectivity index (χ0v) is 11.6. The molecule has 1 saturated heterocycles. The van der Waals surface area contributed by atoms with E-state index in [2.05, 4.69) is 15.0 Å². The van der Waals surface area contributed by atoms with Crippen molar-refractivity contribution in [1.82, 2.24) is 19.5 Å². The first-order valence-corrected chi connectivity index (χ1v) is 6.47.